The van der Waals surface area contributed by atoms with Gasteiger partial charge < -0.3 is 0 Å². The minimum atomic E-state index is -3.64. The van der Waals surface area contributed by atoms with Crippen molar-refractivity contribution in [2.24, 2.45) is 94.7 Å². The van der Waals surface area contributed by atoms with Crippen molar-refractivity contribution < 1.29 is 42.6 Å². The molecule has 0 amide bonds. The summed E-state index contributed by atoms with van der Waals surface area (Å²) in [5.41, 5.74) is 0. The van der Waals surface area contributed by atoms with Crippen molar-refractivity contribution in [2.75, 3.05) is 0 Å². The predicted octanol–water partition coefficient (Wildman–Crippen LogP) is 3.59. The molecule has 10 heterocycles. The Labute approximate surface area is 530 Å². The zero-order valence-corrected chi connectivity index (χ0v) is 53.4. The minimum absolute atomic E-state index is 0. The van der Waals surface area contributed by atoms with Crippen LogP contribution < -0.4 is 85.1 Å². The van der Waals surface area contributed by atoms with Crippen LogP contribution in [0.2, 0.25) is 0 Å². The third-order valence-corrected chi connectivity index (χ3v) is 31.3. The molecule has 34 unspecified atom stereocenters. The van der Waals surface area contributed by atoms with E-state index >= 15 is 8.42 Å². The third-order valence-electron chi connectivity index (χ3n) is 28.5. The first-order valence-corrected chi connectivity index (χ1v) is 37.9. The number of rotatable bonds is 2. The van der Waals surface area contributed by atoms with E-state index in [1.807, 2.05) is 0 Å². The van der Waals surface area contributed by atoms with Crippen molar-refractivity contribution >= 4 is 9.84 Å². The first-order valence-electron chi connectivity index (χ1n) is 36.2. The number of hydrogen-bond acceptors (Lipinski definition) is 18. The Bertz CT molecular complexity index is 2300. The van der Waals surface area contributed by atoms with Gasteiger partial charge in [0.1, 0.15) is 0 Å². The number of sulfone groups is 1. The van der Waals surface area contributed by atoms with Gasteiger partial charge in [0.25, 0.3) is 0 Å². The minimum Gasteiger partial charge on any atom is -0.286 e. The maximum absolute atomic E-state index is 16.9. The molecule has 0 aromatic heterocycles. The summed E-state index contributed by atoms with van der Waals surface area (Å²) in [6.07, 6.45) is 39.3. The van der Waals surface area contributed by atoms with E-state index in [-0.39, 0.29) is 144 Å². The molecule has 16 bridgehead atoms. The second-order valence-electron chi connectivity index (χ2n) is 32.0. The average molecular weight is 1290 g/mol. The van der Waals surface area contributed by atoms with Gasteiger partial charge in [-0.3, -0.25) is 85.1 Å². The maximum Gasteiger partial charge on any atom is 0.156 e. The zero-order valence-electron chi connectivity index (χ0n) is 50.7. The second kappa shape index (κ2) is 24.6. The Morgan fingerprint density at radius 3 is 0.494 bits per heavy atom. The molecular formula is C64H110Cu2N16O2S. The van der Waals surface area contributed by atoms with Gasteiger partial charge in [-0.1, -0.05) is 89.9 Å². The molecule has 34 atom stereocenters. The van der Waals surface area contributed by atoms with Crippen LogP contribution >= 0.6 is 0 Å². The summed E-state index contributed by atoms with van der Waals surface area (Å²) in [7, 11) is -3.64. The second-order valence-corrected chi connectivity index (χ2v) is 34.4. The molecule has 10 aliphatic heterocycles. The molecular weight excluding hydrogens is 1180 g/mol. The van der Waals surface area contributed by atoms with Gasteiger partial charge in [-0.15, -0.1) is 0 Å². The Morgan fingerprint density at radius 2 is 0.318 bits per heavy atom. The van der Waals surface area contributed by atoms with Crippen LogP contribution in [-0.2, 0) is 44.0 Å². The van der Waals surface area contributed by atoms with Crippen LogP contribution in [0.3, 0.4) is 0 Å². The molecule has 18 rings (SSSR count). The standard InChI is InChI=1S/C64H110N16O2S.2Cu/c81-83(82,45-29-13-27-43-47(45)63-77-59-41-25-11-9-23-39(41)55(73-59)69-51-33-17-3-1-15-31(33)49(65-51)67-53-35-19-5-7-21-37(35)57(71-53)75-61(43)79-63)46-30-14-28-44-48(46)64-78-60-42-26-12-10-24-40(42)56(74-60)70-52-34-18-4-2-16-32(34)50(66-52)68-54-36-20-6-8-22-38(36)58(72-54)76-62(44)80-64;;/h31-80H,1-30H2;;. The van der Waals surface area contributed by atoms with E-state index in [9.17, 15) is 0 Å². The molecule has 0 aromatic rings. The van der Waals surface area contributed by atoms with Gasteiger partial charge in [0.15, 0.2) is 9.84 Å². The summed E-state index contributed by atoms with van der Waals surface area (Å²) in [5.74, 6) is 7.42. The molecule has 18 aliphatic rings. The quantitative estimate of drug-likeness (QED) is 0.177. The van der Waals surface area contributed by atoms with Crippen LogP contribution in [0, 0.1) is 94.7 Å². The third kappa shape index (κ3) is 10.4. The fourth-order valence-corrected chi connectivity index (χ4v) is 28.0. The molecule has 0 aromatic carbocycles. The Balaban J connectivity index is 0.00000294. The topological polar surface area (TPSA) is 227 Å². The smallest absolute Gasteiger partial charge is 0.156 e. The monoisotopic (exact) mass is 1290 g/mol. The molecule has 0 spiro atoms. The Kier molecular flexibility index (Phi) is 17.4. The van der Waals surface area contributed by atoms with Crippen molar-refractivity contribution in [3.8, 4) is 0 Å². The Hall–Kier alpha value is 0.349. The number of hydrogen-bond donors (Lipinski definition) is 16. The van der Waals surface area contributed by atoms with Gasteiger partial charge in [0.05, 0.1) is 109 Å². The van der Waals surface area contributed by atoms with Gasteiger partial charge in [0.2, 0.25) is 0 Å². The predicted molar refractivity (Wildman–Crippen MR) is 322 cm³/mol. The normalized spacial score (nSPS) is 56.8. The molecule has 85 heavy (non-hydrogen) atoms. The van der Waals surface area contributed by atoms with Gasteiger partial charge in [0, 0.05) is 46.0 Å². The fraction of sp³-hybridized carbons (Fsp3) is 1.00. The summed E-state index contributed by atoms with van der Waals surface area (Å²) < 4.78 is 33.8. The van der Waals surface area contributed by atoms with Crippen LogP contribution in [0.4, 0.5) is 0 Å². The molecule has 21 heteroatoms. The van der Waals surface area contributed by atoms with Crippen LogP contribution in [0.25, 0.3) is 0 Å². The Morgan fingerprint density at radius 1 is 0.176 bits per heavy atom. The van der Waals surface area contributed by atoms with E-state index in [1.54, 1.807) is 0 Å². The molecule has 18 nitrogen and oxygen atoms in total. The summed E-state index contributed by atoms with van der Waals surface area (Å²) in [4.78, 5) is 0. The zero-order chi connectivity index (χ0) is 54.7. The largest absolute Gasteiger partial charge is 0.286 e. The molecule has 10 saturated heterocycles. The van der Waals surface area contributed by atoms with Crippen LogP contribution in [0.1, 0.15) is 193 Å². The molecule has 2 radical (unpaired) electrons. The molecule has 8 saturated carbocycles. The molecule has 486 valence electrons. The van der Waals surface area contributed by atoms with E-state index in [0.29, 0.717) is 83.3 Å². The van der Waals surface area contributed by atoms with Crippen molar-refractivity contribution in [1.29, 1.82) is 0 Å². The van der Waals surface area contributed by atoms with Crippen molar-refractivity contribution in [3.63, 3.8) is 0 Å². The van der Waals surface area contributed by atoms with Crippen molar-refractivity contribution in [3.05, 3.63) is 0 Å². The van der Waals surface area contributed by atoms with Crippen LogP contribution in [-0.4, -0.2) is 118 Å². The van der Waals surface area contributed by atoms with Crippen molar-refractivity contribution in [1.82, 2.24) is 85.1 Å². The number of fused-ring (bicyclic) bond motifs is 40. The van der Waals surface area contributed by atoms with Crippen LogP contribution in [0.15, 0.2) is 0 Å². The summed E-state index contributed by atoms with van der Waals surface area (Å²) >= 11 is 0. The van der Waals surface area contributed by atoms with Crippen LogP contribution in [0.5, 0.6) is 0 Å². The van der Waals surface area contributed by atoms with E-state index in [4.69, 9.17) is 0 Å². The van der Waals surface area contributed by atoms with Gasteiger partial charge >= 0.3 is 0 Å². The summed E-state index contributed by atoms with van der Waals surface area (Å²) in [6.45, 7) is 0. The van der Waals surface area contributed by atoms with Gasteiger partial charge in [-0.05, 0) is 186 Å². The van der Waals surface area contributed by atoms with E-state index < -0.39 is 20.3 Å². The maximum atomic E-state index is 16.9. The first kappa shape index (κ1) is 60.3. The fourth-order valence-electron chi connectivity index (χ4n) is 25.0. The average Bonchev–Trinajstić information content (AvgIpc) is 2.12. The van der Waals surface area contributed by atoms with E-state index in [2.05, 4.69) is 85.1 Å². The first-order chi connectivity index (χ1) is 40.8. The molecule has 18 fully saturated rings. The van der Waals surface area contributed by atoms with E-state index in [0.717, 1.165) is 38.5 Å². The number of nitrogens with one attached hydrogen (secondary N) is 16. The molecule has 16 N–H and O–H groups in total. The summed E-state index contributed by atoms with van der Waals surface area (Å²) in [6, 6.07) is 0. The van der Waals surface area contributed by atoms with Gasteiger partial charge in [-0.2, -0.15) is 0 Å². The van der Waals surface area contributed by atoms with Crippen molar-refractivity contribution in [2.45, 2.75) is 302 Å². The SMILES string of the molecule is O=S(=O)(C1CCCC2C3NC4NC(NC5NC(NC6NC(NC(N3)C21)C1CCCCC61)C1CCCCC51)C1CCCCC41)C1CCCC2C3NC4NC(NC5NC(NC6NC(NC(N3)C21)C1CCCCC61)C1CCCCC51)C1CCCCC41.[Cu].[Cu]. The van der Waals surface area contributed by atoms with E-state index in [1.165, 1.54) is 154 Å². The van der Waals surface area contributed by atoms with Gasteiger partial charge in [-0.25, -0.2) is 8.42 Å². The summed E-state index contributed by atoms with van der Waals surface area (Å²) in [5, 5.41) is 68.4. The molecule has 8 aliphatic carbocycles.